The van der Waals surface area contributed by atoms with E-state index in [1.807, 2.05) is 13.0 Å². The highest BCUT2D eigenvalue weighted by Gasteiger charge is 2.42. The number of nitrogens with zero attached hydrogens (tertiary/aromatic N) is 2. The van der Waals surface area contributed by atoms with Crippen molar-refractivity contribution in [3.63, 3.8) is 0 Å². The fourth-order valence-electron chi connectivity index (χ4n) is 2.46. The third kappa shape index (κ3) is 1.68. The van der Waals surface area contributed by atoms with Crippen LogP contribution >= 0.6 is 0 Å². The summed E-state index contributed by atoms with van der Waals surface area (Å²) in [6, 6.07) is 4.54. The third-order valence-electron chi connectivity index (χ3n) is 3.62. The molecular formula is C13H14N2. The van der Waals surface area contributed by atoms with Gasteiger partial charge in [-0.3, -0.25) is 0 Å². The molecule has 0 heterocycles. The standard InChI is InChI=1S/C13H14N2/c1-8-3-11(7-15)13(5-10(8)6-14)12-4-9(12)2/h3,9,12-13H,4-5H2,1-2H3/t9?,12-,13?/m0/s1. The second-order valence-corrected chi connectivity index (χ2v) is 4.67. The molecule has 0 aromatic carbocycles. The summed E-state index contributed by atoms with van der Waals surface area (Å²) in [7, 11) is 0. The molecule has 0 radical (unpaired) electrons. The monoisotopic (exact) mass is 198 g/mol. The molecule has 0 N–H and O–H groups in total. The first-order valence-electron chi connectivity index (χ1n) is 5.39. The molecule has 0 saturated heterocycles. The van der Waals surface area contributed by atoms with Crippen molar-refractivity contribution in [3.8, 4) is 12.1 Å². The van der Waals surface area contributed by atoms with E-state index in [2.05, 4.69) is 19.1 Å². The van der Waals surface area contributed by atoms with Crippen LogP contribution in [0.15, 0.2) is 22.8 Å². The summed E-state index contributed by atoms with van der Waals surface area (Å²) >= 11 is 0. The molecule has 76 valence electrons. The highest BCUT2D eigenvalue weighted by Crippen LogP contribution is 2.50. The van der Waals surface area contributed by atoms with Crippen molar-refractivity contribution in [1.29, 1.82) is 10.5 Å². The SMILES string of the molecule is CC1=C(C#N)CC([C@H]2CC2C)C(C#N)=C1. The minimum absolute atomic E-state index is 0.309. The van der Waals surface area contributed by atoms with Gasteiger partial charge in [0.25, 0.3) is 0 Å². The van der Waals surface area contributed by atoms with Crippen molar-refractivity contribution in [2.45, 2.75) is 26.7 Å². The lowest BCUT2D eigenvalue weighted by atomic mass is 9.81. The Bertz CT molecular complexity index is 428. The van der Waals surface area contributed by atoms with Crippen LogP contribution in [0.1, 0.15) is 26.7 Å². The Kier molecular flexibility index (Phi) is 2.37. The number of nitriles is 2. The predicted molar refractivity (Wildman–Crippen MR) is 57.4 cm³/mol. The topological polar surface area (TPSA) is 47.6 Å². The van der Waals surface area contributed by atoms with Crippen molar-refractivity contribution >= 4 is 0 Å². The molecule has 3 atom stereocenters. The second-order valence-electron chi connectivity index (χ2n) is 4.67. The lowest BCUT2D eigenvalue weighted by molar-refractivity contribution is 0.513. The van der Waals surface area contributed by atoms with E-state index < -0.39 is 0 Å². The van der Waals surface area contributed by atoms with Crippen molar-refractivity contribution in [2.75, 3.05) is 0 Å². The Labute approximate surface area is 90.5 Å². The van der Waals surface area contributed by atoms with E-state index in [4.69, 9.17) is 10.5 Å². The van der Waals surface area contributed by atoms with E-state index in [0.717, 1.165) is 29.1 Å². The highest BCUT2D eigenvalue weighted by molar-refractivity contribution is 5.45. The first-order chi connectivity index (χ1) is 7.17. The molecule has 2 rings (SSSR count). The van der Waals surface area contributed by atoms with E-state index in [1.165, 1.54) is 6.42 Å². The van der Waals surface area contributed by atoms with E-state index in [0.29, 0.717) is 11.8 Å². The fraction of sp³-hybridized carbons (Fsp3) is 0.538. The third-order valence-corrected chi connectivity index (χ3v) is 3.62. The van der Waals surface area contributed by atoms with Crippen molar-refractivity contribution in [1.82, 2.24) is 0 Å². The van der Waals surface area contributed by atoms with Gasteiger partial charge in [-0.1, -0.05) is 6.92 Å². The molecular weight excluding hydrogens is 184 g/mol. The maximum atomic E-state index is 9.08. The second kappa shape index (κ2) is 3.55. The molecule has 0 aliphatic heterocycles. The van der Waals surface area contributed by atoms with Crippen molar-refractivity contribution < 1.29 is 0 Å². The van der Waals surface area contributed by atoms with Crippen LogP contribution in [0.5, 0.6) is 0 Å². The van der Waals surface area contributed by atoms with Gasteiger partial charge in [0.15, 0.2) is 0 Å². The van der Waals surface area contributed by atoms with Gasteiger partial charge in [0.1, 0.15) is 0 Å². The molecule has 2 aliphatic rings. The number of rotatable bonds is 1. The lowest BCUT2D eigenvalue weighted by Crippen LogP contribution is -2.12. The highest BCUT2D eigenvalue weighted by atomic mass is 14.5. The molecule has 2 nitrogen and oxygen atoms in total. The maximum Gasteiger partial charge on any atom is 0.0950 e. The summed E-state index contributed by atoms with van der Waals surface area (Å²) in [5.74, 6) is 1.67. The molecule has 15 heavy (non-hydrogen) atoms. The van der Waals surface area contributed by atoms with Gasteiger partial charge in [-0.2, -0.15) is 10.5 Å². The number of hydrogen-bond donors (Lipinski definition) is 0. The van der Waals surface area contributed by atoms with E-state index >= 15 is 0 Å². The largest absolute Gasteiger partial charge is 0.193 e. The van der Waals surface area contributed by atoms with Gasteiger partial charge in [0, 0.05) is 17.1 Å². The van der Waals surface area contributed by atoms with Crippen LogP contribution in [0.4, 0.5) is 0 Å². The van der Waals surface area contributed by atoms with Gasteiger partial charge in [-0.15, -0.1) is 0 Å². The first-order valence-corrected chi connectivity index (χ1v) is 5.39. The normalized spacial score (nSPS) is 34.1. The van der Waals surface area contributed by atoms with Crippen LogP contribution in [0.3, 0.4) is 0 Å². The van der Waals surface area contributed by atoms with E-state index in [-0.39, 0.29) is 0 Å². The Balaban J connectivity index is 2.28. The molecule has 1 saturated carbocycles. The summed E-state index contributed by atoms with van der Waals surface area (Å²) in [4.78, 5) is 0. The van der Waals surface area contributed by atoms with Crippen molar-refractivity contribution in [3.05, 3.63) is 22.8 Å². The molecule has 0 spiro atoms. The molecule has 2 heteroatoms. The minimum atomic E-state index is 0.309. The quantitative estimate of drug-likeness (QED) is 0.650. The summed E-state index contributed by atoms with van der Waals surface area (Å²) in [5, 5.41) is 18.1. The van der Waals surface area contributed by atoms with Gasteiger partial charge in [-0.05, 0) is 43.3 Å². The molecule has 0 aromatic rings. The zero-order chi connectivity index (χ0) is 11.0. The summed E-state index contributed by atoms with van der Waals surface area (Å²) in [6.07, 6.45) is 3.88. The average Bonchev–Trinajstić information content (AvgIpc) is 2.95. The van der Waals surface area contributed by atoms with Crippen LogP contribution in [-0.4, -0.2) is 0 Å². The van der Waals surface area contributed by atoms with Gasteiger partial charge in [0.2, 0.25) is 0 Å². The summed E-state index contributed by atoms with van der Waals surface area (Å²) in [5.41, 5.74) is 2.71. The molecule has 0 bridgehead atoms. The lowest BCUT2D eigenvalue weighted by Gasteiger charge is -2.20. The van der Waals surface area contributed by atoms with Crippen LogP contribution in [0.2, 0.25) is 0 Å². The zero-order valence-electron chi connectivity index (χ0n) is 9.12. The van der Waals surface area contributed by atoms with E-state index in [9.17, 15) is 0 Å². The predicted octanol–water partition coefficient (Wildman–Crippen LogP) is 2.95. The van der Waals surface area contributed by atoms with Crippen LogP contribution in [0, 0.1) is 40.4 Å². The Morgan fingerprint density at radius 3 is 2.47 bits per heavy atom. The molecule has 2 aliphatic carbocycles. The Morgan fingerprint density at radius 2 is 2.00 bits per heavy atom. The average molecular weight is 198 g/mol. The minimum Gasteiger partial charge on any atom is -0.193 e. The van der Waals surface area contributed by atoms with Crippen LogP contribution < -0.4 is 0 Å². The fourth-order valence-corrected chi connectivity index (χ4v) is 2.46. The zero-order valence-corrected chi connectivity index (χ0v) is 9.12. The van der Waals surface area contributed by atoms with Gasteiger partial charge < -0.3 is 0 Å². The number of allylic oxidation sites excluding steroid dienone is 4. The summed E-state index contributed by atoms with van der Waals surface area (Å²) in [6.45, 7) is 4.14. The van der Waals surface area contributed by atoms with Crippen LogP contribution in [-0.2, 0) is 0 Å². The molecule has 1 fully saturated rings. The van der Waals surface area contributed by atoms with Crippen molar-refractivity contribution in [2.24, 2.45) is 17.8 Å². The Hall–Kier alpha value is -1.54. The molecule has 0 amide bonds. The van der Waals surface area contributed by atoms with Gasteiger partial charge in [0.05, 0.1) is 12.1 Å². The smallest absolute Gasteiger partial charge is 0.0950 e. The maximum absolute atomic E-state index is 9.08. The van der Waals surface area contributed by atoms with E-state index in [1.54, 1.807) is 0 Å². The van der Waals surface area contributed by atoms with Gasteiger partial charge in [-0.25, -0.2) is 0 Å². The van der Waals surface area contributed by atoms with Gasteiger partial charge >= 0.3 is 0 Å². The first kappa shape index (κ1) is 9.99. The van der Waals surface area contributed by atoms with Crippen LogP contribution in [0.25, 0.3) is 0 Å². The molecule has 0 aromatic heterocycles. The molecule has 2 unspecified atom stereocenters. The number of hydrogen-bond acceptors (Lipinski definition) is 2. The summed E-state index contributed by atoms with van der Waals surface area (Å²) < 4.78 is 0. The Morgan fingerprint density at radius 1 is 1.33 bits per heavy atom.